The van der Waals surface area contributed by atoms with E-state index < -0.39 is 11.6 Å². The minimum Gasteiger partial charge on any atom is -0.337 e. The summed E-state index contributed by atoms with van der Waals surface area (Å²) in [5.74, 6) is -1.23. The molecule has 1 atom stereocenters. The molecule has 0 bridgehead atoms. The van der Waals surface area contributed by atoms with Gasteiger partial charge in [0.2, 0.25) is 5.91 Å². The molecule has 0 unspecified atom stereocenters. The van der Waals surface area contributed by atoms with Gasteiger partial charge in [-0.05, 0) is 18.9 Å². The number of likely N-dealkylation sites (tertiary alicyclic amines) is 1. The van der Waals surface area contributed by atoms with Crippen LogP contribution in [0.2, 0.25) is 0 Å². The molecule has 92 valence electrons. The lowest BCUT2D eigenvalue weighted by Crippen LogP contribution is -2.41. The van der Waals surface area contributed by atoms with Gasteiger partial charge in [0.15, 0.2) is 0 Å². The Balaban J connectivity index is 2.12. The number of halogens is 3. The topological polar surface area (TPSA) is 20.3 Å². The third kappa shape index (κ3) is 2.83. The van der Waals surface area contributed by atoms with E-state index in [9.17, 15) is 13.6 Å². The SMILES string of the molecule is O=C1[C@@H](Br)CCCN1Cc1ccc(F)cc1F. The monoisotopic (exact) mass is 303 g/mol. The predicted octanol–water partition coefficient (Wildman–Crippen LogP) is 2.85. The standard InChI is InChI=1S/C12H12BrF2NO/c13-10-2-1-5-16(12(10)17)7-8-3-4-9(14)6-11(8)15/h3-4,6,10H,1-2,5,7H2/t10-/m0/s1. The Morgan fingerprint density at radius 3 is 2.88 bits per heavy atom. The lowest BCUT2D eigenvalue weighted by Gasteiger charge is -2.29. The first-order chi connectivity index (χ1) is 8.08. The molecular formula is C12H12BrF2NO. The fourth-order valence-corrected chi connectivity index (χ4v) is 2.52. The van der Waals surface area contributed by atoms with E-state index in [-0.39, 0.29) is 17.3 Å². The zero-order valence-electron chi connectivity index (χ0n) is 9.13. The van der Waals surface area contributed by atoms with Crippen molar-refractivity contribution in [3.8, 4) is 0 Å². The molecule has 0 spiro atoms. The van der Waals surface area contributed by atoms with Gasteiger partial charge < -0.3 is 4.90 Å². The summed E-state index contributed by atoms with van der Waals surface area (Å²) in [6.45, 7) is 0.824. The van der Waals surface area contributed by atoms with E-state index in [1.807, 2.05) is 0 Å². The van der Waals surface area contributed by atoms with Gasteiger partial charge in [-0.2, -0.15) is 0 Å². The second kappa shape index (κ2) is 5.12. The lowest BCUT2D eigenvalue weighted by atomic mass is 10.1. The van der Waals surface area contributed by atoms with Gasteiger partial charge in [-0.3, -0.25) is 4.79 Å². The minimum atomic E-state index is -0.602. The van der Waals surface area contributed by atoms with Crippen molar-refractivity contribution in [2.24, 2.45) is 0 Å². The van der Waals surface area contributed by atoms with E-state index in [4.69, 9.17) is 0 Å². The van der Waals surface area contributed by atoms with Crippen molar-refractivity contribution in [1.82, 2.24) is 4.90 Å². The fourth-order valence-electron chi connectivity index (χ4n) is 1.91. The summed E-state index contributed by atoms with van der Waals surface area (Å²) in [4.78, 5) is 13.2. The molecule has 5 heteroatoms. The van der Waals surface area contributed by atoms with Crippen molar-refractivity contribution < 1.29 is 13.6 Å². The number of hydrogen-bond acceptors (Lipinski definition) is 1. The molecule has 2 nitrogen and oxygen atoms in total. The van der Waals surface area contributed by atoms with E-state index in [0.29, 0.717) is 12.1 Å². The van der Waals surface area contributed by atoms with Crippen LogP contribution in [0.5, 0.6) is 0 Å². The van der Waals surface area contributed by atoms with Crippen molar-refractivity contribution >= 4 is 21.8 Å². The molecule has 1 aliphatic rings. The van der Waals surface area contributed by atoms with Gasteiger partial charge in [-0.15, -0.1) is 0 Å². The molecule has 1 amide bonds. The van der Waals surface area contributed by atoms with Crippen molar-refractivity contribution in [2.75, 3.05) is 6.54 Å². The molecule has 0 radical (unpaired) electrons. The third-order valence-electron chi connectivity index (χ3n) is 2.84. The van der Waals surface area contributed by atoms with Crippen LogP contribution in [0.25, 0.3) is 0 Å². The number of hydrogen-bond donors (Lipinski definition) is 0. The molecule has 0 aliphatic carbocycles. The second-order valence-corrected chi connectivity index (χ2v) is 5.21. The number of piperidine rings is 1. The summed E-state index contributed by atoms with van der Waals surface area (Å²) in [5.41, 5.74) is 0.348. The first-order valence-electron chi connectivity index (χ1n) is 5.44. The van der Waals surface area contributed by atoms with Crippen molar-refractivity contribution in [1.29, 1.82) is 0 Å². The van der Waals surface area contributed by atoms with E-state index in [1.54, 1.807) is 4.90 Å². The van der Waals surface area contributed by atoms with Gasteiger partial charge in [0.05, 0.1) is 4.83 Å². The Labute approximate surface area is 107 Å². The van der Waals surface area contributed by atoms with Crippen LogP contribution in [0.15, 0.2) is 18.2 Å². The normalized spacial score (nSPS) is 20.8. The number of carbonyl (C=O) groups excluding carboxylic acids is 1. The van der Waals surface area contributed by atoms with Gasteiger partial charge in [-0.1, -0.05) is 22.0 Å². The molecule has 0 saturated carbocycles. The van der Waals surface area contributed by atoms with Crippen LogP contribution in [0, 0.1) is 11.6 Å². The van der Waals surface area contributed by atoms with Crippen LogP contribution in [-0.4, -0.2) is 22.2 Å². The average Bonchev–Trinajstić information content (AvgIpc) is 2.28. The number of rotatable bonds is 2. The Hall–Kier alpha value is -0.970. The largest absolute Gasteiger partial charge is 0.337 e. The van der Waals surface area contributed by atoms with Gasteiger partial charge in [0, 0.05) is 24.7 Å². The highest BCUT2D eigenvalue weighted by Gasteiger charge is 2.26. The summed E-state index contributed by atoms with van der Waals surface area (Å²) in [6.07, 6.45) is 1.70. The number of amides is 1. The second-order valence-electron chi connectivity index (χ2n) is 4.11. The summed E-state index contributed by atoms with van der Waals surface area (Å²) < 4.78 is 26.2. The first-order valence-corrected chi connectivity index (χ1v) is 6.36. The molecule has 1 heterocycles. The van der Waals surface area contributed by atoms with E-state index in [1.165, 1.54) is 12.1 Å². The summed E-state index contributed by atoms with van der Waals surface area (Å²) in [7, 11) is 0. The van der Waals surface area contributed by atoms with Crippen LogP contribution >= 0.6 is 15.9 Å². The van der Waals surface area contributed by atoms with Crippen molar-refractivity contribution in [3.63, 3.8) is 0 Å². The molecule has 1 saturated heterocycles. The molecule has 2 rings (SSSR count). The molecule has 17 heavy (non-hydrogen) atoms. The average molecular weight is 304 g/mol. The van der Waals surface area contributed by atoms with Gasteiger partial charge in [-0.25, -0.2) is 8.78 Å². The maximum Gasteiger partial charge on any atom is 0.236 e. The highest BCUT2D eigenvalue weighted by molar-refractivity contribution is 9.10. The van der Waals surface area contributed by atoms with Crippen LogP contribution in [-0.2, 0) is 11.3 Å². The smallest absolute Gasteiger partial charge is 0.236 e. The van der Waals surface area contributed by atoms with Crippen molar-refractivity contribution in [2.45, 2.75) is 24.2 Å². The summed E-state index contributed by atoms with van der Waals surface area (Å²) >= 11 is 3.29. The summed E-state index contributed by atoms with van der Waals surface area (Å²) in [5, 5.41) is 0. The Morgan fingerprint density at radius 1 is 1.41 bits per heavy atom. The van der Waals surface area contributed by atoms with Crippen LogP contribution in [0.1, 0.15) is 18.4 Å². The minimum absolute atomic E-state index is 0.0278. The van der Waals surface area contributed by atoms with Crippen LogP contribution < -0.4 is 0 Å². The first kappa shape index (κ1) is 12.5. The molecule has 0 N–H and O–H groups in total. The Morgan fingerprint density at radius 2 is 2.18 bits per heavy atom. The molecule has 1 aliphatic heterocycles. The molecule has 1 aromatic carbocycles. The van der Waals surface area contributed by atoms with Gasteiger partial charge in [0.25, 0.3) is 0 Å². The number of carbonyl (C=O) groups is 1. The number of nitrogens with zero attached hydrogens (tertiary/aromatic N) is 1. The molecule has 0 aromatic heterocycles. The maximum absolute atomic E-state index is 13.4. The van der Waals surface area contributed by atoms with E-state index >= 15 is 0 Å². The molecule has 1 aromatic rings. The quantitative estimate of drug-likeness (QED) is 0.769. The van der Waals surface area contributed by atoms with E-state index in [2.05, 4.69) is 15.9 Å². The van der Waals surface area contributed by atoms with Gasteiger partial charge >= 0.3 is 0 Å². The van der Waals surface area contributed by atoms with Crippen LogP contribution in [0.4, 0.5) is 8.78 Å². The zero-order valence-corrected chi connectivity index (χ0v) is 10.7. The predicted molar refractivity (Wildman–Crippen MR) is 63.7 cm³/mol. The highest BCUT2D eigenvalue weighted by atomic mass is 79.9. The highest BCUT2D eigenvalue weighted by Crippen LogP contribution is 2.21. The van der Waals surface area contributed by atoms with Gasteiger partial charge in [0.1, 0.15) is 11.6 Å². The van der Waals surface area contributed by atoms with Crippen LogP contribution in [0.3, 0.4) is 0 Å². The van der Waals surface area contributed by atoms with E-state index in [0.717, 1.165) is 18.9 Å². The Kier molecular flexibility index (Phi) is 3.76. The third-order valence-corrected chi connectivity index (χ3v) is 3.69. The fraction of sp³-hybridized carbons (Fsp3) is 0.417. The number of benzene rings is 1. The maximum atomic E-state index is 13.4. The zero-order chi connectivity index (χ0) is 12.4. The summed E-state index contributed by atoms with van der Waals surface area (Å²) in [6, 6.07) is 3.43. The molecule has 1 fully saturated rings. The Bertz CT molecular complexity index is 439. The lowest BCUT2D eigenvalue weighted by molar-refractivity contribution is -0.133. The molecular weight excluding hydrogens is 292 g/mol. The number of alkyl halides is 1. The van der Waals surface area contributed by atoms with Crippen molar-refractivity contribution in [3.05, 3.63) is 35.4 Å².